The summed E-state index contributed by atoms with van der Waals surface area (Å²) < 4.78 is 2.24. The Morgan fingerprint density at radius 2 is 2.24 bits per heavy atom. The quantitative estimate of drug-likeness (QED) is 0.932. The second-order valence-corrected chi connectivity index (χ2v) is 6.10. The molecule has 0 amide bonds. The molecule has 1 aromatic carbocycles. The van der Waals surface area contributed by atoms with E-state index in [1.807, 2.05) is 0 Å². The monoisotopic (exact) mass is 286 g/mol. The van der Waals surface area contributed by atoms with E-state index in [1.54, 1.807) is 0 Å². The number of fused-ring (bicyclic) bond motifs is 1. The standard InChI is InChI=1S/C17H22N2O2/c1-3-9-19-15-8-7-11(2)10-14(15)18-16(19)12-5-4-6-13(12)17(20)21/h7-8,10,12-13H,3-6,9H2,1-2H3,(H,20,21). The fraction of sp³-hybridized carbons (Fsp3) is 0.529. The minimum atomic E-state index is -0.677. The number of carboxylic acid groups (broad SMARTS) is 1. The van der Waals surface area contributed by atoms with Gasteiger partial charge in [-0.25, -0.2) is 4.98 Å². The maximum absolute atomic E-state index is 11.5. The largest absolute Gasteiger partial charge is 0.481 e. The zero-order valence-electron chi connectivity index (χ0n) is 12.7. The number of carboxylic acids is 1. The number of aliphatic carboxylic acids is 1. The summed E-state index contributed by atoms with van der Waals surface area (Å²) in [6.07, 6.45) is 3.71. The van der Waals surface area contributed by atoms with Gasteiger partial charge in [0, 0.05) is 12.5 Å². The summed E-state index contributed by atoms with van der Waals surface area (Å²) in [5.41, 5.74) is 3.32. The first-order valence-corrected chi connectivity index (χ1v) is 7.81. The molecular weight excluding hydrogens is 264 g/mol. The summed E-state index contributed by atoms with van der Waals surface area (Å²) in [6.45, 7) is 5.11. The Kier molecular flexibility index (Phi) is 3.70. The molecule has 2 aromatic rings. The van der Waals surface area contributed by atoms with E-state index in [9.17, 15) is 9.90 Å². The molecule has 1 aliphatic rings. The predicted molar refractivity (Wildman–Crippen MR) is 82.5 cm³/mol. The van der Waals surface area contributed by atoms with Crippen molar-refractivity contribution in [3.63, 3.8) is 0 Å². The van der Waals surface area contributed by atoms with Crippen LogP contribution in [0.15, 0.2) is 18.2 Å². The highest BCUT2D eigenvalue weighted by molar-refractivity contribution is 5.78. The highest BCUT2D eigenvalue weighted by Crippen LogP contribution is 2.40. The maximum Gasteiger partial charge on any atom is 0.307 e. The van der Waals surface area contributed by atoms with Crippen LogP contribution in [0.4, 0.5) is 0 Å². The molecule has 1 N–H and O–H groups in total. The van der Waals surface area contributed by atoms with E-state index < -0.39 is 5.97 Å². The highest BCUT2D eigenvalue weighted by atomic mass is 16.4. The van der Waals surface area contributed by atoms with Crippen LogP contribution in [0.3, 0.4) is 0 Å². The van der Waals surface area contributed by atoms with Crippen molar-refractivity contribution in [2.75, 3.05) is 0 Å². The average Bonchev–Trinajstić information content (AvgIpc) is 3.03. The van der Waals surface area contributed by atoms with Crippen molar-refractivity contribution in [3.05, 3.63) is 29.6 Å². The SMILES string of the molecule is CCCn1c(C2CCCC2C(=O)O)nc2cc(C)ccc21. The minimum Gasteiger partial charge on any atom is -0.481 e. The summed E-state index contributed by atoms with van der Waals surface area (Å²) in [5, 5.41) is 9.45. The van der Waals surface area contributed by atoms with Gasteiger partial charge in [0.15, 0.2) is 0 Å². The molecule has 3 rings (SSSR count). The molecule has 0 bridgehead atoms. The number of carbonyl (C=O) groups is 1. The van der Waals surface area contributed by atoms with E-state index in [-0.39, 0.29) is 11.8 Å². The van der Waals surface area contributed by atoms with Gasteiger partial charge in [-0.1, -0.05) is 19.4 Å². The highest BCUT2D eigenvalue weighted by Gasteiger charge is 2.37. The lowest BCUT2D eigenvalue weighted by Gasteiger charge is -2.17. The van der Waals surface area contributed by atoms with E-state index in [0.29, 0.717) is 0 Å². The Hall–Kier alpha value is -1.84. The molecule has 21 heavy (non-hydrogen) atoms. The lowest BCUT2D eigenvalue weighted by atomic mass is 9.95. The number of nitrogens with zero attached hydrogens (tertiary/aromatic N) is 2. The third-order valence-corrected chi connectivity index (χ3v) is 4.55. The van der Waals surface area contributed by atoms with Crippen molar-refractivity contribution in [3.8, 4) is 0 Å². The summed E-state index contributed by atoms with van der Waals surface area (Å²) in [5.74, 6) is 0.0754. The lowest BCUT2D eigenvalue weighted by molar-refractivity contribution is -0.142. The van der Waals surface area contributed by atoms with Crippen LogP contribution in [-0.2, 0) is 11.3 Å². The summed E-state index contributed by atoms with van der Waals surface area (Å²) in [4.78, 5) is 16.3. The van der Waals surface area contributed by atoms with Crippen LogP contribution in [0.25, 0.3) is 11.0 Å². The fourth-order valence-electron chi connectivity index (χ4n) is 3.56. The summed E-state index contributed by atoms with van der Waals surface area (Å²) >= 11 is 0. The van der Waals surface area contributed by atoms with E-state index in [0.717, 1.165) is 49.1 Å². The van der Waals surface area contributed by atoms with Crippen LogP contribution in [0.5, 0.6) is 0 Å². The van der Waals surface area contributed by atoms with E-state index in [4.69, 9.17) is 4.98 Å². The predicted octanol–water partition coefficient (Wildman–Crippen LogP) is 3.72. The molecule has 1 fully saturated rings. The van der Waals surface area contributed by atoms with Crippen molar-refractivity contribution in [1.29, 1.82) is 0 Å². The Labute approximate surface area is 124 Å². The van der Waals surface area contributed by atoms with E-state index in [2.05, 4.69) is 36.6 Å². The molecule has 0 aliphatic heterocycles. The van der Waals surface area contributed by atoms with Gasteiger partial charge in [-0.05, 0) is 43.9 Å². The van der Waals surface area contributed by atoms with Crippen molar-refractivity contribution in [2.24, 2.45) is 5.92 Å². The van der Waals surface area contributed by atoms with Crippen molar-refractivity contribution >= 4 is 17.0 Å². The van der Waals surface area contributed by atoms with Gasteiger partial charge in [0.2, 0.25) is 0 Å². The van der Waals surface area contributed by atoms with Gasteiger partial charge in [0.25, 0.3) is 0 Å². The molecule has 1 heterocycles. The van der Waals surface area contributed by atoms with Gasteiger partial charge in [-0.2, -0.15) is 0 Å². The Bertz CT molecular complexity index is 675. The zero-order valence-corrected chi connectivity index (χ0v) is 12.7. The van der Waals surface area contributed by atoms with Gasteiger partial charge >= 0.3 is 5.97 Å². The van der Waals surface area contributed by atoms with E-state index in [1.165, 1.54) is 5.56 Å². The molecule has 1 aliphatic carbocycles. The second-order valence-electron chi connectivity index (χ2n) is 6.10. The third-order valence-electron chi connectivity index (χ3n) is 4.55. The van der Waals surface area contributed by atoms with Crippen LogP contribution >= 0.6 is 0 Å². The van der Waals surface area contributed by atoms with Crippen LogP contribution in [-0.4, -0.2) is 20.6 Å². The first-order chi connectivity index (χ1) is 10.1. The normalized spacial score (nSPS) is 22.0. The Morgan fingerprint density at radius 3 is 2.95 bits per heavy atom. The first kappa shape index (κ1) is 14.1. The molecule has 1 aromatic heterocycles. The second kappa shape index (κ2) is 5.51. The number of aryl methyl sites for hydroxylation is 2. The smallest absolute Gasteiger partial charge is 0.307 e. The first-order valence-electron chi connectivity index (χ1n) is 7.81. The molecule has 112 valence electrons. The maximum atomic E-state index is 11.5. The molecule has 2 unspecified atom stereocenters. The molecule has 4 nitrogen and oxygen atoms in total. The molecular formula is C17H22N2O2. The molecule has 0 saturated heterocycles. The van der Waals surface area contributed by atoms with Crippen molar-refractivity contribution in [1.82, 2.24) is 9.55 Å². The van der Waals surface area contributed by atoms with Crippen LogP contribution < -0.4 is 0 Å². The third kappa shape index (κ3) is 2.43. The number of hydrogen-bond acceptors (Lipinski definition) is 2. The van der Waals surface area contributed by atoms with Gasteiger partial charge in [-0.3, -0.25) is 4.79 Å². The number of hydrogen-bond donors (Lipinski definition) is 1. The Balaban J connectivity index is 2.12. The van der Waals surface area contributed by atoms with Crippen LogP contribution in [0.2, 0.25) is 0 Å². The fourth-order valence-corrected chi connectivity index (χ4v) is 3.56. The van der Waals surface area contributed by atoms with Crippen molar-refractivity contribution < 1.29 is 9.90 Å². The number of imidazole rings is 1. The summed E-state index contributed by atoms with van der Waals surface area (Å²) in [6, 6.07) is 6.31. The topological polar surface area (TPSA) is 55.1 Å². The molecule has 4 heteroatoms. The van der Waals surface area contributed by atoms with Crippen LogP contribution in [0.1, 0.15) is 49.9 Å². The van der Waals surface area contributed by atoms with Gasteiger partial charge in [0.05, 0.1) is 17.0 Å². The molecule has 0 spiro atoms. The van der Waals surface area contributed by atoms with E-state index >= 15 is 0 Å². The minimum absolute atomic E-state index is 0.0572. The average molecular weight is 286 g/mol. The Morgan fingerprint density at radius 1 is 1.43 bits per heavy atom. The van der Waals surface area contributed by atoms with Gasteiger partial charge < -0.3 is 9.67 Å². The lowest BCUT2D eigenvalue weighted by Crippen LogP contribution is -2.20. The zero-order chi connectivity index (χ0) is 15.0. The molecule has 2 atom stereocenters. The molecule has 0 radical (unpaired) electrons. The summed E-state index contributed by atoms with van der Waals surface area (Å²) in [7, 11) is 0. The van der Waals surface area contributed by atoms with Crippen molar-refractivity contribution in [2.45, 2.75) is 52.0 Å². The van der Waals surface area contributed by atoms with Crippen LogP contribution in [0, 0.1) is 12.8 Å². The van der Waals surface area contributed by atoms with Gasteiger partial charge in [-0.15, -0.1) is 0 Å². The number of aromatic nitrogens is 2. The molecule has 1 saturated carbocycles. The number of rotatable bonds is 4. The number of benzene rings is 1. The van der Waals surface area contributed by atoms with Gasteiger partial charge in [0.1, 0.15) is 5.82 Å².